The first-order valence-corrected chi connectivity index (χ1v) is 10.2. The standard InChI is InChI=1S/C24H21N3O5/c1-31-12-11-27-22-19(23(29)26-24(27)30)17(13-7-9-14(32-2)10-8-13)18-20(25-22)15-5-3-4-6-16(15)21(18)28/h3-10,17,25H,11-12H2,1-2H3,(H,26,29,30)/t17-/m0/s1. The molecule has 5 rings (SSSR count). The number of rotatable bonds is 5. The second-order valence-electron chi connectivity index (χ2n) is 7.66. The third-order valence-electron chi connectivity index (χ3n) is 5.98. The van der Waals surface area contributed by atoms with E-state index in [1.54, 1.807) is 32.4 Å². The molecular formula is C24H21N3O5. The summed E-state index contributed by atoms with van der Waals surface area (Å²) in [6.45, 7) is 0.531. The van der Waals surface area contributed by atoms with Crippen LogP contribution in [0.25, 0.3) is 5.70 Å². The minimum Gasteiger partial charge on any atom is -0.497 e. The maximum Gasteiger partial charge on any atom is 0.330 e. The van der Waals surface area contributed by atoms with Gasteiger partial charge in [-0.05, 0) is 17.7 Å². The lowest BCUT2D eigenvalue weighted by molar-refractivity contribution is 0.103. The van der Waals surface area contributed by atoms with Gasteiger partial charge in [0.1, 0.15) is 11.6 Å². The van der Waals surface area contributed by atoms with Crippen LogP contribution in [-0.4, -0.2) is 36.2 Å². The second kappa shape index (κ2) is 7.65. The first kappa shape index (κ1) is 20.0. The molecule has 2 N–H and O–H groups in total. The minimum absolute atomic E-state index is 0.136. The summed E-state index contributed by atoms with van der Waals surface area (Å²) in [5, 5.41) is 3.25. The van der Waals surface area contributed by atoms with Gasteiger partial charge in [-0.2, -0.15) is 0 Å². The largest absolute Gasteiger partial charge is 0.497 e. The molecule has 0 saturated heterocycles. The number of fused-ring (bicyclic) bond motifs is 3. The van der Waals surface area contributed by atoms with Gasteiger partial charge >= 0.3 is 5.69 Å². The Hall–Kier alpha value is -3.91. The molecule has 0 bridgehead atoms. The molecule has 1 aliphatic heterocycles. The number of anilines is 1. The van der Waals surface area contributed by atoms with Crippen molar-refractivity contribution in [1.82, 2.24) is 9.55 Å². The Kier molecular flexibility index (Phi) is 4.79. The molecule has 0 unspecified atom stereocenters. The van der Waals surface area contributed by atoms with E-state index in [0.29, 0.717) is 34.0 Å². The highest BCUT2D eigenvalue weighted by atomic mass is 16.5. The summed E-state index contributed by atoms with van der Waals surface area (Å²) in [6, 6.07) is 14.6. The second-order valence-corrected chi connectivity index (χ2v) is 7.66. The molecule has 0 saturated carbocycles. The van der Waals surface area contributed by atoms with Crippen LogP contribution in [0.15, 0.2) is 63.7 Å². The minimum atomic E-state index is -0.648. The van der Waals surface area contributed by atoms with Crippen LogP contribution in [-0.2, 0) is 11.3 Å². The zero-order valence-corrected chi connectivity index (χ0v) is 17.6. The highest BCUT2D eigenvalue weighted by Crippen LogP contribution is 2.47. The Bertz CT molecular complexity index is 1380. The van der Waals surface area contributed by atoms with Crippen molar-refractivity contribution in [3.05, 3.63) is 97.2 Å². The number of methoxy groups -OCH3 is 2. The van der Waals surface area contributed by atoms with Crippen molar-refractivity contribution in [2.45, 2.75) is 12.5 Å². The number of nitrogens with zero attached hydrogens (tertiary/aromatic N) is 1. The number of hydrogen-bond acceptors (Lipinski definition) is 6. The number of benzene rings is 2. The van der Waals surface area contributed by atoms with Crippen molar-refractivity contribution in [3.63, 3.8) is 0 Å². The summed E-state index contributed by atoms with van der Waals surface area (Å²) >= 11 is 0. The number of aromatic amines is 1. The number of hydrogen-bond donors (Lipinski definition) is 2. The zero-order chi connectivity index (χ0) is 22.4. The molecule has 1 aliphatic carbocycles. The predicted molar refractivity (Wildman–Crippen MR) is 119 cm³/mol. The summed E-state index contributed by atoms with van der Waals surface area (Å²) in [4.78, 5) is 41.6. The molecule has 1 atom stereocenters. The van der Waals surface area contributed by atoms with E-state index in [1.165, 1.54) is 4.57 Å². The van der Waals surface area contributed by atoms with Crippen LogP contribution in [0.4, 0.5) is 5.82 Å². The number of ketones is 1. The fourth-order valence-electron chi connectivity index (χ4n) is 4.49. The summed E-state index contributed by atoms with van der Waals surface area (Å²) in [5.74, 6) is 0.255. The SMILES string of the molecule is COCCn1c2c(c(=O)[nH]c1=O)[C@@H](c1ccc(OC)cc1)C1=C(N2)c2ccccc2C1=O. The Morgan fingerprint density at radius 3 is 2.38 bits per heavy atom. The topological polar surface area (TPSA) is 102 Å². The fraction of sp³-hybridized carbons (Fsp3) is 0.208. The number of H-pyrrole nitrogens is 1. The average Bonchev–Trinajstić information content (AvgIpc) is 3.10. The molecule has 32 heavy (non-hydrogen) atoms. The molecule has 0 radical (unpaired) electrons. The van der Waals surface area contributed by atoms with Gasteiger partial charge in [-0.15, -0.1) is 0 Å². The van der Waals surface area contributed by atoms with Gasteiger partial charge in [0, 0.05) is 29.7 Å². The molecule has 0 spiro atoms. The third kappa shape index (κ3) is 2.91. The number of carbonyl (C=O) groups excluding carboxylic acids is 1. The van der Waals surface area contributed by atoms with Gasteiger partial charge in [0.2, 0.25) is 0 Å². The van der Waals surface area contributed by atoms with Crippen LogP contribution in [0.5, 0.6) is 5.75 Å². The van der Waals surface area contributed by atoms with Crippen LogP contribution < -0.4 is 21.3 Å². The number of allylic oxidation sites excluding steroid dienone is 1. The van der Waals surface area contributed by atoms with Gasteiger partial charge in [0.25, 0.3) is 5.56 Å². The quantitative estimate of drug-likeness (QED) is 0.643. The van der Waals surface area contributed by atoms with E-state index >= 15 is 0 Å². The fourth-order valence-corrected chi connectivity index (χ4v) is 4.49. The van der Waals surface area contributed by atoms with Crippen molar-refractivity contribution >= 4 is 17.3 Å². The predicted octanol–water partition coefficient (Wildman–Crippen LogP) is 2.36. The molecule has 0 fully saturated rings. The molecule has 8 nitrogen and oxygen atoms in total. The lowest BCUT2D eigenvalue weighted by atomic mass is 9.81. The first-order valence-electron chi connectivity index (χ1n) is 10.2. The Balaban J connectivity index is 1.80. The molecule has 162 valence electrons. The monoisotopic (exact) mass is 431 g/mol. The van der Waals surface area contributed by atoms with Crippen molar-refractivity contribution in [3.8, 4) is 5.75 Å². The van der Waals surface area contributed by atoms with Crippen LogP contribution in [0.3, 0.4) is 0 Å². The van der Waals surface area contributed by atoms with Gasteiger partial charge in [-0.1, -0.05) is 36.4 Å². The molecule has 2 aromatic carbocycles. The Morgan fingerprint density at radius 1 is 0.969 bits per heavy atom. The lowest BCUT2D eigenvalue weighted by Gasteiger charge is -2.29. The zero-order valence-electron chi connectivity index (χ0n) is 17.6. The van der Waals surface area contributed by atoms with E-state index in [2.05, 4.69) is 10.3 Å². The maximum atomic E-state index is 13.5. The van der Waals surface area contributed by atoms with E-state index in [9.17, 15) is 14.4 Å². The molecule has 1 aromatic heterocycles. The highest BCUT2D eigenvalue weighted by molar-refractivity contribution is 6.23. The van der Waals surface area contributed by atoms with E-state index in [4.69, 9.17) is 9.47 Å². The maximum absolute atomic E-state index is 13.5. The molecule has 3 aromatic rings. The van der Waals surface area contributed by atoms with E-state index in [0.717, 1.165) is 11.1 Å². The highest BCUT2D eigenvalue weighted by Gasteiger charge is 2.42. The van der Waals surface area contributed by atoms with Gasteiger partial charge in [-0.25, -0.2) is 4.79 Å². The molecule has 2 heterocycles. The number of Topliss-reactive ketones (excluding diaryl/α,β-unsaturated/α-hetero) is 1. The van der Waals surface area contributed by atoms with Crippen molar-refractivity contribution < 1.29 is 14.3 Å². The lowest BCUT2D eigenvalue weighted by Crippen LogP contribution is -2.38. The normalized spacial score (nSPS) is 16.3. The molecule has 0 amide bonds. The van der Waals surface area contributed by atoms with Gasteiger partial charge in [0.05, 0.1) is 31.5 Å². The van der Waals surface area contributed by atoms with Crippen LogP contribution >= 0.6 is 0 Å². The summed E-state index contributed by atoms with van der Waals surface area (Å²) in [5.41, 5.74) is 2.45. The van der Waals surface area contributed by atoms with Crippen molar-refractivity contribution in [2.24, 2.45) is 0 Å². The first-order chi connectivity index (χ1) is 15.5. The van der Waals surface area contributed by atoms with E-state index in [-0.39, 0.29) is 18.9 Å². The smallest absolute Gasteiger partial charge is 0.330 e. The Morgan fingerprint density at radius 2 is 1.69 bits per heavy atom. The number of ether oxygens (including phenoxy) is 2. The average molecular weight is 431 g/mol. The van der Waals surface area contributed by atoms with Crippen LogP contribution in [0.1, 0.15) is 33.0 Å². The number of aromatic nitrogens is 2. The van der Waals surface area contributed by atoms with E-state index < -0.39 is 17.2 Å². The van der Waals surface area contributed by atoms with Crippen LogP contribution in [0, 0.1) is 0 Å². The van der Waals surface area contributed by atoms with Crippen molar-refractivity contribution in [2.75, 3.05) is 26.1 Å². The molecule has 8 heteroatoms. The van der Waals surface area contributed by atoms with Crippen molar-refractivity contribution in [1.29, 1.82) is 0 Å². The van der Waals surface area contributed by atoms with E-state index in [1.807, 2.05) is 30.3 Å². The Labute approximate surface area is 183 Å². The van der Waals surface area contributed by atoms with Gasteiger partial charge in [0.15, 0.2) is 5.78 Å². The summed E-state index contributed by atoms with van der Waals surface area (Å²) in [6.07, 6.45) is 0. The third-order valence-corrected chi connectivity index (χ3v) is 5.98. The summed E-state index contributed by atoms with van der Waals surface area (Å²) < 4.78 is 11.9. The van der Waals surface area contributed by atoms with Crippen LogP contribution in [0.2, 0.25) is 0 Å². The summed E-state index contributed by atoms with van der Waals surface area (Å²) in [7, 11) is 3.12. The molecule has 2 aliphatic rings. The molecular weight excluding hydrogens is 410 g/mol. The van der Waals surface area contributed by atoms with Gasteiger partial charge in [-0.3, -0.25) is 19.1 Å². The van der Waals surface area contributed by atoms with Gasteiger partial charge < -0.3 is 14.8 Å². The number of nitrogens with one attached hydrogen (secondary N) is 2. The number of carbonyl (C=O) groups is 1.